The van der Waals surface area contributed by atoms with Crippen molar-refractivity contribution in [3.05, 3.63) is 102 Å². The van der Waals surface area contributed by atoms with Gasteiger partial charge in [0, 0.05) is 17.9 Å². The number of methoxy groups -OCH3 is 1. The van der Waals surface area contributed by atoms with Gasteiger partial charge in [-0.3, -0.25) is 0 Å². The van der Waals surface area contributed by atoms with Gasteiger partial charge in [-0.1, -0.05) is 36.4 Å². The fourth-order valence-corrected chi connectivity index (χ4v) is 3.81. The van der Waals surface area contributed by atoms with Crippen molar-refractivity contribution >= 4 is 11.4 Å². The van der Waals surface area contributed by atoms with Gasteiger partial charge < -0.3 is 15.4 Å². The van der Waals surface area contributed by atoms with Crippen LogP contribution in [0, 0.1) is 12.7 Å². The zero-order valence-corrected chi connectivity index (χ0v) is 16.0. The zero-order chi connectivity index (χ0) is 19.6. The second-order valence-electron chi connectivity index (χ2n) is 7.09. The molecule has 0 aromatic heterocycles. The average Bonchev–Trinajstić information content (AvgIpc) is 3.19. The molecule has 2 N–H and O–H groups in total. The summed E-state index contributed by atoms with van der Waals surface area (Å²) in [6.45, 7) is 2.70. The summed E-state index contributed by atoms with van der Waals surface area (Å²) in [7, 11) is 1.67. The summed E-state index contributed by atoms with van der Waals surface area (Å²) < 4.78 is 20.0. The van der Waals surface area contributed by atoms with E-state index in [1.165, 1.54) is 6.07 Å². The molecule has 3 aromatic carbocycles. The Hall–Kier alpha value is -3.27. The topological polar surface area (TPSA) is 33.3 Å². The average molecular weight is 374 g/mol. The van der Waals surface area contributed by atoms with Crippen LogP contribution in [-0.2, 0) is 5.41 Å². The highest BCUT2D eigenvalue weighted by molar-refractivity contribution is 5.62. The van der Waals surface area contributed by atoms with E-state index in [4.69, 9.17) is 4.74 Å². The molecule has 1 aliphatic heterocycles. The van der Waals surface area contributed by atoms with Crippen molar-refractivity contribution in [1.29, 1.82) is 0 Å². The Morgan fingerprint density at radius 2 is 1.79 bits per heavy atom. The van der Waals surface area contributed by atoms with Crippen molar-refractivity contribution in [2.24, 2.45) is 0 Å². The minimum atomic E-state index is -0.438. The number of benzene rings is 3. The maximum absolute atomic E-state index is 14.6. The fraction of sp³-hybridized carbons (Fsp3) is 0.167. The second-order valence-corrected chi connectivity index (χ2v) is 7.09. The van der Waals surface area contributed by atoms with E-state index in [-0.39, 0.29) is 5.82 Å². The number of hydrogen-bond acceptors (Lipinski definition) is 3. The molecule has 0 aliphatic carbocycles. The first-order valence-electron chi connectivity index (χ1n) is 9.30. The van der Waals surface area contributed by atoms with Crippen LogP contribution in [0.25, 0.3) is 0 Å². The van der Waals surface area contributed by atoms with Gasteiger partial charge in [0.25, 0.3) is 0 Å². The molecule has 0 fully saturated rings. The van der Waals surface area contributed by atoms with Crippen molar-refractivity contribution in [2.75, 3.05) is 19.0 Å². The first-order chi connectivity index (χ1) is 13.6. The SMILES string of the molecule is COc1ccc(C2(c3cc(F)cc(Nc4ccccc4)c3)C=CNC2)cc1C. The Morgan fingerprint density at radius 3 is 2.46 bits per heavy atom. The van der Waals surface area contributed by atoms with Crippen LogP contribution in [0.4, 0.5) is 15.8 Å². The summed E-state index contributed by atoms with van der Waals surface area (Å²) in [5, 5.41) is 6.59. The van der Waals surface area contributed by atoms with Crippen molar-refractivity contribution in [1.82, 2.24) is 5.32 Å². The molecule has 0 saturated heterocycles. The maximum atomic E-state index is 14.6. The Kier molecular flexibility index (Phi) is 4.78. The number of halogens is 1. The summed E-state index contributed by atoms with van der Waals surface area (Å²) >= 11 is 0. The van der Waals surface area contributed by atoms with Crippen LogP contribution in [0.1, 0.15) is 16.7 Å². The quantitative estimate of drug-likeness (QED) is 0.637. The van der Waals surface area contributed by atoms with Crippen molar-refractivity contribution in [3.8, 4) is 5.75 Å². The van der Waals surface area contributed by atoms with E-state index >= 15 is 0 Å². The first-order valence-corrected chi connectivity index (χ1v) is 9.30. The number of aryl methyl sites for hydroxylation is 1. The fourth-order valence-electron chi connectivity index (χ4n) is 3.81. The van der Waals surface area contributed by atoms with E-state index in [1.54, 1.807) is 13.2 Å². The molecular formula is C24H23FN2O. The number of rotatable bonds is 5. The summed E-state index contributed by atoms with van der Waals surface area (Å²) in [5.41, 5.74) is 4.27. The van der Waals surface area contributed by atoms with Crippen molar-refractivity contribution in [3.63, 3.8) is 0 Å². The van der Waals surface area contributed by atoms with E-state index in [0.717, 1.165) is 33.8 Å². The Morgan fingerprint density at radius 1 is 0.964 bits per heavy atom. The van der Waals surface area contributed by atoms with Gasteiger partial charge in [0.05, 0.1) is 12.5 Å². The number of nitrogens with one attached hydrogen (secondary N) is 2. The second kappa shape index (κ2) is 7.39. The highest BCUT2D eigenvalue weighted by Gasteiger charge is 2.35. The van der Waals surface area contributed by atoms with Crippen LogP contribution < -0.4 is 15.4 Å². The van der Waals surface area contributed by atoms with E-state index in [9.17, 15) is 4.39 Å². The normalized spacial score (nSPS) is 18.0. The molecule has 0 spiro atoms. The summed E-state index contributed by atoms with van der Waals surface area (Å²) in [5.74, 6) is 0.584. The number of ether oxygens (including phenoxy) is 1. The Labute approximate surface area is 164 Å². The third kappa shape index (κ3) is 3.33. The Balaban J connectivity index is 1.78. The predicted molar refractivity (Wildman–Crippen MR) is 112 cm³/mol. The van der Waals surface area contributed by atoms with E-state index in [0.29, 0.717) is 6.54 Å². The minimum absolute atomic E-state index is 0.263. The molecule has 0 bridgehead atoms. The lowest BCUT2D eigenvalue weighted by Gasteiger charge is -2.29. The molecule has 0 saturated carbocycles. The lowest BCUT2D eigenvalue weighted by molar-refractivity contribution is 0.411. The lowest BCUT2D eigenvalue weighted by atomic mass is 9.75. The number of hydrogen-bond donors (Lipinski definition) is 2. The Bertz CT molecular complexity index is 1020. The molecule has 1 unspecified atom stereocenters. The van der Waals surface area contributed by atoms with E-state index in [1.807, 2.05) is 55.6 Å². The number of anilines is 2. The predicted octanol–water partition coefficient (Wildman–Crippen LogP) is 5.29. The lowest BCUT2D eigenvalue weighted by Crippen LogP contribution is -2.31. The van der Waals surface area contributed by atoms with Gasteiger partial charge in [0.15, 0.2) is 0 Å². The van der Waals surface area contributed by atoms with Crippen LogP contribution in [0.3, 0.4) is 0 Å². The van der Waals surface area contributed by atoms with Gasteiger partial charge in [0.1, 0.15) is 11.6 Å². The molecule has 4 heteroatoms. The van der Waals surface area contributed by atoms with Gasteiger partial charge in [-0.05, 0) is 66.2 Å². The highest BCUT2D eigenvalue weighted by atomic mass is 19.1. The zero-order valence-electron chi connectivity index (χ0n) is 16.0. The van der Waals surface area contributed by atoms with Gasteiger partial charge in [-0.25, -0.2) is 4.39 Å². The number of para-hydroxylation sites is 1. The van der Waals surface area contributed by atoms with Gasteiger partial charge in [-0.2, -0.15) is 0 Å². The molecule has 0 amide bonds. The van der Waals surface area contributed by atoms with Crippen LogP contribution >= 0.6 is 0 Å². The standard InChI is InChI=1S/C24H23FN2O/c1-17-12-18(8-9-23(17)28-2)24(10-11-26-16-24)19-13-20(25)15-22(14-19)27-21-6-4-3-5-7-21/h3-15,26-27H,16H2,1-2H3. The molecule has 1 heterocycles. The third-order valence-corrected chi connectivity index (χ3v) is 5.25. The van der Waals surface area contributed by atoms with Crippen molar-refractivity contribution in [2.45, 2.75) is 12.3 Å². The van der Waals surface area contributed by atoms with Crippen LogP contribution in [0.2, 0.25) is 0 Å². The molecule has 1 atom stereocenters. The van der Waals surface area contributed by atoms with Crippen LogP contribution in [-0.4, -0.2) is 13.7 Å². The molecule has 0 radical (unpaired) electrons. The van der Waals surface area contributed by atoms with Crippen LogP contribution in [0.15, 0.2) is 79.0 Å². The largest absolute Gasteiger partial charge is 0.496 e. The van der Waals surface area contributed by atoms with Gasteiger partial charge in [-0.15, -0.1) is 0 Å². The minimum Gasteiger partial charge on any atom is -0.496 e. The molecule has 4 rings (SSSR count). The summed E-state index contributed by atoms with van der Waals surface area (Å²) in [6, 6.07) is 21.1. The molecule has 28 heavy (non-hydrogen) atoms. The van der Waals surface area contributed by atoms with Gasteiger partial charge >= 0.3 is 0 Å². The molecule has 142 valence electrons. The molecular weight excluding hydrogens is 351 g/mol. The highest BCUT2D eigenvalue weighted by Crippen LogP contribution is 2.39. The monoisotopic (exact) mass is 374 g/mol. The third-order valence-electron chi connectivity index (χ3n) is 5.25. The van der Waals surface area contributed by atoms with Crippen molar-refractivity contribution < 1.29 is 9.13 Å². The maximum Gasteiger partial charge on any atom is 0.125 e. The van der Waals surface area contributed by atoms with E-state index < -0.39 is 5.41 Å². The summed E-state index contributed by atoms with van der Waals surface area (Å²) in [6.07, 6.45) is 4.05. The van der Waals surface area contributed by atoms with E-state index in [2.05, 4.69) is 28.8 Å². The molecule has 3 nitrogen and oxygen atoms in total. The van der Waals surface area contributed by atoms with Gasteiger partial charge in [0.2, 0.25) is 0 Å². The smallest absolute Gasteiger partial charge is 0.125 e. The summed E-state index contributed by atoms with van der Waals surface area (Å²) in [4.78, 5) is 0. The molecule has 3 aromatic rings. The van der Waals surface area contributed by atoms with Crippen LogP contribution in [0.5, 0.6) is 5.75 Å². The molecule has 1 aliphatic rings. The first kappa shape index (κ1) is 18.1.